The fourth-order valence-corrected chi connectivity index (χ4v) is 4.11. The lowest BCUT2D eigenvalue weighted by atomic mass is 10.2. The van der Waals surface area contributed by atoms with Crippen LogP contribution in [-0.2, 0) is 11.4 Å². The Bertz CT molecular complexity index is 1230. The number of nitrogens with zero attached hydrogens (tertiary/aromatic N) is 3. The van der Waals surface area contributed by atoms with E-state index in [1.165, 1.54) is 11.3 Å². The first kappa shape index (κ1) is 19.9. The number of hydrogen-bond donors (Lipinski definition) is 0. The van der Waals surface area contributed by atoms with Crippen molar-refractivity contribution in [2.75, 3.05) is 25.3 Å². The second-order valence-corrected chi connectivity index (χ2v) is 7.66. The van der Waals surface area contributed by atoms with E-state index in [4.69, 9.17) is 9.47 Å². The van der Waals surface area contributed by atoms with Gasteiger partial charge in [0.2, 0.25) is 0 Å². The number of rotatable bonds is 5. The van der Waals surface area contributed by atoms with Crippen molar-refractivity contribution < 1.29 is 14.3 Å². The number of anilines is 1. The molecule has 30 heavy (non-hydrogen) atoms. The van der Waals surface area contributed by atoms with Crippen LogP contribution in [0.5, 0.6) is 5.75 Å². The number of esters is 1. The number of carbonyl (C=O) groups excluding carboxylic acids is 1. The first-order valence-electron chi connectivity index (χ1n) is 9.51. The van der Waals surface area contributed by atoms with Crippen LogP contribution in [0.25, 0.3) is 6.08 Å². The van der Waals surface area contributed by atoms with Gasteiger partial charge in [-0.1, -0.05) is 23.5 Å². The molecule has 0 N–H and O–H groups in total. The molecule has 0 radical (unpaired) electrons. The van der Waals surface area contributed by atoms with Crippen molar-refractivity contribution in [3.8, 4) is 5.75 Å². The number of carbonyl (C=O) groups is 1. The predicted molar refractivity (Wildman–Crippen MR) is 116 cm³/mol. The first-order chi connectivity index (χ1) is 14.6. The van der Waals surface area contributed by atoms with Gasteiger partial charge in [-0.05, 0) is 55.0 Å². The summed E-state index contributed by atoms with van der Waals surface area (Å²) in [6, 6.07) is 14.7. The lowest BCUT2D eigenvalue weighted by molar-refractivity contribution is 0.0526. The van der Waals surface area contributed by atoms with Gasteiger partial charge in [0.15, 0.2) is 4.80 Å². The average Bonchev–Trinajstić information content (AvgIpc) is 3.09. The SMILES string of the molecule is CCOC(=O)c1ccc(N2CN=c3s/c(=C\c4ccc(OC)cc4)c(=O)n3C2)cc1. The molecule has 0 spiro atoms. The molecule has 1 aliphatic heterocycles. The zero-order valence-corrected chi connectivity index (χ0v) is 17.5. The van der Waals surface area contributed by atoms with E-state index in [-0.39, 0.29) is 11.5 Å². The fraction of sp³-hybridized carbons (Fsp3) is 0.227. The Morgan fingerprint density at radius 3 is 2.57 bits per heavy atom. The van der Waals surface area contributed by atoms with Crippen LogP contribution in [0.3, 0.4) is 0 Å². The molecule has 1 aromatic heterocycles. The second kappa shape index (κ2) is 8.54. The number of ether oxygens (including phenoxy) is 2. The van der Waals surface area contributed by atoms with Crippen LogP contribution >= 0.6 is 11.3 Å². The summed E-state index contributed by atoms with van der Waals surface area (Å²) in [6.45, 7) is 2.97. The molecule has 2 heterocycles. The van der Waals surface area contributed by atoms with Crippen molar-refractivity contribution in [1.82, 2.24) is 4.57 Å². The number of methoxy groups -OCH3 is 1. The molecule has 0 aliphatic carbocycles. The molecule has 0 unspecified atom stereocenters. The van der Waals surface area contributed by atoms with E-state index >= 15 is 0 Å². The molecule has 2 aromatic carbocycles. The van der Waals surface area contributed by atoms with E-state index in [1.54, 1.807) is 30.7 Å². The molecule has 0 saturated heterocycles. The minimum atomic E-state index is -0.345. The van der Waals surface area contributed by atoms with E-state index in [0.29, 0.717) is 34.8 Å². The summed E-state index contributed by atoms with van der Waals surface area (Å²) in [5.41, 5.74) is 2.25. The highest BCUT2D eigenvalue weighted by atomic mass is 32.1. The number of fused-ring (bicyclic) bond motifs is 1. The van der Waals surface area contributed by atoms with Gasteiger partial charge in [-0.2, -0.15) is 0 Å². The zero-order valence-electron chi connectivity index (χ0n) is 16.7. The molecule has 154 valence electrons. The van der Waals surface area contributed by atoms with Crippen molar-refractivity contribution in [1.29, 1.82) is 0 Å². The van der Waals surface area contributed by atoms with Crippen LogP contribution in [0.15, 0.2) is 58.3 Å². The molecule has 3 aromatic rings. The Balaban J connectivity index is 1.58. The quantitative estimate of drug-likeness (QED) is 0.587. The maximum absolute atomic E-state index is 12.9. The molecule has 4 rings (SSSR count). The van der Waals surface area contributed by atoms with Gasteiger partial charge in [0.05, 0.1) is 23.8 Å². The number of hydrogen-bond acceptors (Lipinski definition) is 7. The Morgan fingerprint density at radius 1 is 1.17 bits per heavy atom. The van der Waals surface area contributed by atoms with Crippen molar-refractivity contribution in [2.45, 2.75) is 13.6 Å². The third-order valence-electron chi connectivity index (χ3n) is 4.73. The Hall–Kier alpha value is -3.39. The predicted octanol–water partition coefficient (Wildman–Crippen LogP) is 1.98. The van der Waals surface area contributed by atoms with Gasteiger partial charge < -0.3 is 14.4 Å². The summed E-state index contributed by atoms with van der Waals surface area (Å²) in [5.74, 6) is 0.427. The normalized spacial score (nSPS) is 13.5. The van der Waals surface area contributed by atoms with E-state index in [1.807, 2.05) is 47.4 Å². The number of aromatic nitrogens is 1. The Labute approximate surface area is 177 Å². The summed E-state index contributed by atoms with van der Waals surface area (Å²) in [5, 5.41) is 0. The van der Waals surface area contributed by atoms with E-state index in [2.05, 4.69) is 4.99 Å². The van der Waals surface area contributed by atoms with Crippen molar-refractivity contribution >= 4 is 29.1 Å². The average molecular weight is 423 g/mol. The van der Waals surface area contributed by atoms with Gasteiger partial charge in [0, 0.05) is 5.69 Å². The molecule has 7 nitrogen and oxygen atoms in total. The van der Waals surface area contributed by atoms with Crippen LogP contribution < -0.4 is 24.5 Å². The molecule has 0 amide bonds. The summed E-state index contributed by atoms with van der Waals surface area (Å²) >= 11 is 1.38. The minimum Gasteiger partial charge on any atom is -0.497 e. The molecule has 0 fully saturated rings. The highest BCUT2D eigenvalue weighted by Crippen LogP contribution is 2.17. The van der Waals surface area contributed by atoms with Crippen LogP contribution in [0.1, 0.15) is 22.8 Å². The highest BCUT2D eigenvalue weighted by molar-refractivity contribution is 7.07. The fourth-order valence-electron chi connectivity index (χ4n) is 3.15. The van der Waals surface area contributed by atoms with E-state index < -0.39 is 0 Å². The first-order valence-corrected chi connectivity index (χ1v) is 10.3. The van der Waals surface area contributed by atoms with Crippen molar-refractivity contribution in [2.24, 2.45) is 4.99 Å². The monoisotopic (exact) mass is 423 g/mol. The van der Waals surface area contributed by atoms with Gasteiger partial charge in [-0.3, -0.25) is 9.36 Å². The molecular formula is C22H21N3O4S. The Kier molecular flexibility index (Phi) is 5.67. The largest absolute Gasteiger partial charge is 0.497 e. The summed E-state index contributed by atoms with van der Waals surface area (Å²) in [7, 11) is 1.62. The summed E-state index contributed by atoms with van der Waals surface area (Å²) < 4.78 is 12.5. The van der Waals surface area contributed by atoms with Crippen LogP contribution in [-0.4, -0.2) is 30.9 Å². The third kappa shape index (κ3) is 3.99. The van der Waals surface area contributed by atoms with Crippen LogP contribution in [0.4, 0.5) is 5.69 Å². The van der Waals surface area contributed by atoms with Crippen molar-refractivity contribution in [3.63, 3.8) is 0 Å². The van der Waals surface area contributed by atoms with Gasteiger partial charge in [-0.15, -0.1) is 0 Å². The molecule has 0 saturated carbocycles. The zero-order chi connectivity index (χ0) is 21.1. The van der Waals surface area contributed by atoms with E-state index in [9.17, 15) is 9.59 Å². The van der Waals surface area contributed by atoms with Gasteiger partial charge >= 0.3 is 5.97 Å². The maximum atomic E-state index is 12.9. The van der Waals surface area contributed by atoms with Crippen molar-refractivity contribution in [3.05, 3.63) is 79.3 Å². The lowest BCUT2D eigenvalue weighted by Crippen LogP contribution is -2.42. The van der Waals surface area contributed by atoms with E-state index in [0.717, 1.165) is 17.0 Å². The summed E-state index contributed by atoms with van der Waals surface area (Å²) in [4.78, 5) is 32.0. The second-order valence-electron chi connectivity index (χ2n) is 6.65. The topological polar surface area (TPSA) is 73.1 Å². The van der Waals surface area contributed by atoms with Gasteiger partial charge in [0.1, 0.15) is 19.1 Å². The highest BCUT2D eigenvalue weighted by Gasteiger charge is 2.16. The van der Waals surface area contributed by atoms with Gasteiger partial charge in [0.25, 0.3) is 5.56 Å². The standard InChI is InChI=1S/C22H21N3O4S/c1-3-29-21(27)16-6-8-17(9-7-16)24-13-23-22-25(14-24)20(26)19(30-22)12-15-4-10-18(28-2)11-5-15/h4-12H,3,13-14H2,1-2H3/b19-12-. The van der Waals surface area contributed by atoms with Crippen LogP contribution in [0.2, 0.25) is 0 Å². The van der Waals surface area contributed by atoms with Gasteiger partial charge in [-0.25, -0.2) is 9.79 Å². The molecule has 0 atom stereocenters. The smallest absolute Gasteiger partial charge is 0.338 e. The molecule has 1 aliphatic rings. The lowest BCUT2D eigenvalue weighted by Gasteiger charge is -2.25. The minimum absolute atomic E-state index is 0.0672. The summed E-state index contributed by atoms with van der Waals surface area (Å²) in [6.07, 6.45) is 1.87. The Morgan fingerprint density at radius 2 is 1.90 bits per heavy atom. The molecular weight excluding hydrogens is 402 g/mol. The van der Waals surface area contributed by atoms with Crippen LogP contribution in [0, 0.1) is 0 Å². The molecule has 0 bridgehead atoms. The number of benzene rings is 2. The maximum Gasteiger partial charge on any atom is 0.338 e. The molecule has 8 heteroatoms. The number of thiazole rings is 1. The third-order valence-corrected chi connectivity index (χ3v) is 5.78.